The van der Waals surface area contributed by atoms with Crippen molar-refractivity contribution in [2.24, 2.45) is 0 Å². The number of amides is 3. The predicted molar refractivity (Wildman–Crippen MR) is 76.8 cm³/mol. The third kappa shape index (κ3) is 3.79. The van der Waals surface area contributed by atoms with E-state index in [1.165, 1.54) is 7.05 Å². The summed E-state index contributed by atoms with van der Waals surface area (Å²) in [5.74, 6) is -1.31. The Morgan fingerprint density at radius 2 is 1.76 bits per heavy atom. The first-order chi connectivity index (χ1) is 10.1. The summed E-state index contributed by atoms with van der Waals surface area (Å²) in [5, 5.41) is 6.13. The fraction of sp³-hybridized carbons (Fsp3) is 0.133. The van der Waals surface area contributed by atoms with E-state index in [0.717, 1.165) is 10.8 Å². The highest BCUT2D eigenvalue weighted by molar-refractivity contribution is 5.98. The fourth-order valence-electron chi connectivity index (χ4n) is 1.76. The van der Waals surface area contributed by atoms with Crippen molar-refractivity contribution in [2.75, 3.05) is 13.7 Å². The lowest BCUT2D eigenvalue weighted by Crippen LogP contribution is -2.39. The Morgan fingerprint density at radius 1 is 1.05 bits per heavy atom. The summed E-state index contributed by atoms with van der Waals surface area (Å²) in [6.45, 7) is -0.515. The molecule has 0 fully saturated rings. The number of hydrogen-bond acceptors (Lipinski definition) is 4. The molecule has 0 spiro atoms. The Morgan fingerprint density at radius 3 is 2.48 bits per heavy atom. The van der Waals surface area contributed by atoms with Crippen LogP contribution in [0.3, 0.4) is 0 Å². The molecule has 0 aromatic heterocycles. The summed E-state index contributed by atoms with van der Waals surface area (Å²) < 4.78 is 4.85. The highest BCUT2D eigenvalue weighted by Crippen LogP contribution is 2.16. The monoisotopic (exact) mass is 286 g/mol. The Labute approximate surface area is 121 Å². The van der Waals surface area contributed by atoms with E-state index in [1.807, 2.05) is 29.6 Å². The third-order valence-electron chi connectivity index (χ3n) is 2.80. The van der Waals surface area contributed by atoms with E-state index in [-0.39, 0.29) is 0 Å². The number of hydrogen-bond donors (Lipinski definition) is 2. The Bertz CT molecular complexity index is 697. The molecule has 2 N–H and O–H groups in total. The first kappa shape index (κ1) is 14.5. The van der Waals surface area contributed by atoms with E-state index < -0.39 is 24.5 Å². The normalized spacial score (nSPS) is 9.95. The smallest absolute Gasteiger partial charge is 0.338 e. The van der Waals surface area contributed by atoms with Gasteiger partial charge < -0.3 is 10.1 Å². The van der Waals surface area contributed by atoms with Crippen LogP contribution in [0.2, 0.25) is 0 Å². The third-order valence-corrected chi connectivity index (χ3v) is 2.80. The van der Waals surface area contributed by atoms with Gasteiger partial charge in [-0.1, -0.05) is 30.3 Å². The topological polar surface area (TPSA) is 84.5 Å². The molecule has 0 aliphatic heterocycles. The summed E-state index contributed by atoms with van der Waals surface area (Å²) in [4.78, 5) is 34.1. The lowest BCUT2D eigenvalue weighted by Gasteiger charge is -2.06. The molecular weight excluding hydrogens is 272 g/mol. The number of nitrogens with one attached hydrogen (secondary N) is 2. The number of carbonyl (C=O) groups is 3. The first-order valence-electron chi connectivity index (χ1n) is 6.27. The minimum atomic E-state index is -0.691. The maximum atomic E-state index is 11.8. The second-order valence-electron chi connectivity index (χ2n) is 4.27. The van der Waals surface area contributed by atoms with Gasteiger partial charge in [-0.25, -0.2) is 9.59 Å². The molecule has 2 aromatic carbocycles. The van der Waals surface area contributed by atoms with E-state index in [0.29, 0.717) is 5.56 Å². The average Bonchev–Trinajstić information content (AvgIpc) is 2.51. The summed E-state index contributed by atoms with van der Waals surface area (Å²) in [5.41, 5.74) is 0.349. The van der Waals surface area contributed by atoms with Crippen molar-refractivity contribution in [3.05, 3.63) is 48.0 Å². The number of carbonyl (C=O) groups excluding carboxylic acids is 3. The molecule has 6 heteroatoms. The molecule has 2 rings (SSSR count). The Balaban J connectivity index is 1.99. The number of ether oxygens (including phenoxy) is 1. The highest BCUT2D eigenvalue weighted by Gasteiger charge is 2.12. The predicted octanol–water partition coefficient (Wildman–Crippen LogP) is 1.45. The minimum absolute atomic E-state index is 0.349. The number of fused-ring (bicyclic) bond motifs is 1. The van der Waals surface area contributed by atoms with Gasteiger partial charge in [-0.2, -0.15) is 0 Å². The van der Waals surface area contributed by atoms with Gasteiger partial charge in [-0.3, -0.25) is 10.1 Å². The van der Waals surface area contributed by atoms with Crippen LogP contribution in [-0.2, 0) is 9.53 Å². The fourth-order valence-corrected chi connectivity index (χ4v) is 1.76. The van der Waals surface area contributed by atoms with Crippen LogP contribution in [0, 0.1) is 0 Å². The highest BCUT2D eigenvalue weighted by atomic mass is 16.5. The molecule has 0 unspecified atom stereocenters. The number of urea groups is 1. The van der Waals surface area contributed by atoms with E-state index in [4.69, 9.17) is 4.74 Å². The molecule has 0 aliphatic carbocycles. The molecule has 0 atom stereocenters. The van der Waals surface area contributed by atoms with Crippen LogP contribution < -0.4 is 10.6 Å². The van der Waals surface area contributed by atoms with Gasteiger partial charge in [-0.15, -0.1) is 0 Å². The van der Waals surface area contributed by atoms with Crippen molar-refractivity contribution in [2.45, 2.75) is 0 Å². The summed E-state index contributed by atoms with van der Waals surface area (Å²) in [6.07, 6.45) is 0. The van der Waals surface area contributed by atoms with Crippen LogP contribution in [0.1, 0.15) is 10.4 Å². The number of imide groups is 1. The van der Waals surface area contributed by atoms with Crippen LogP contribution in [0.15, 0.2) is 42.5 Å². The van der Waals surface area contributed by atoms with Crippen LogP contribution in [0.4, 0.5) is 4.79 Å². The van der Waals surface area contributed by atoms with E-state index >= 15 is 0 Å². The second kappa shape index (κ2) is 6.51. The standard InChI is InChI=1S/C15H14N2O4/c1-16-15(20)17-13(18)9-21-14(19)12-7-6-10-4-2-3-5-11(10)8-12/h2-8H,9H2,1H3,(H2,16,17,18,20). The van der Waals surface area contributed by atoms with Crippen LogP contribution >= 0.6 is 0 Å². The largest absolute Gasteiger partial charge is 0.452 e. The molecule has 0 saturated carbocycles. The number of benzene rings is 2. The van der Waals surface area contributed by atoms with Crippen LogP contribution in [0.25, 0.3) is 10.8 Å². The van der Waals surface area contributed by atoms with Gasteiger partial charge >= 0.3 is 12.0 Å². The molecule has 0 aliphatic rings. The first-order valence-corrected chi connectivity index (χ1v) is 6.27. The Hall–Kier alpha value is -2.89. The van der Waals surface area contributed by atoms with Crippen LogP contribution in [-0.4, -0.2) is 31.6 Å². The zero-order chi connectivity index (χ0) is 15.2. The number of rotatable bonds is 3. The molecular formula is C15H14N2O4. The molecule has 6 nitrogen and oxygen atoms in total. The average molecular weight is 286 g/mol. The van der Waals surface area contributed by atoms with Gasteiger partial charge in [-0.05, 0) is 22.9 Å². The van der Waals surface area contributed by atoms with Gasteiger partial charge in [0.15, 0.2) is 6.61 Å². The maximum Gasteiger partial charge on any atom is 0.338 e. The second-order valence-corrected chi connectivity index (χ2v) is 4.27. The van der Waals surface area contributed by atoms with Crippen molar-refractivity contribution >= 4 is 28.7 Å². The summed E-state index contributed by atoms with van der Waals surface area (Å²) in [7, 11) is 1.38. The van der Waals surface area contributed by atoms with E-state index in [9.17, 15) is 14.4 Å². The minimum Gasteiger partial charge on any atom is -0.452 e. The molecule has 108 valence electrons. The molecule has 0 saturated heterocycles. The zero-order valence-electron chi connectivity index (χ0n) is 11.4. The summed E-state index contributed by atoms with van der Waals surface area (Å²) >= 11 is 0. The maximum absolute atomic E-state index is 11.8. The van der Waals surface area contributed by atoms with Gasteiger partial charge in [0.1, 0.15) is 0 Å². The lowest BCUT2D eigenvalue weighted by molar-refractivity contribution is -0.123. The molecule has 0 heterocycles. The molecule has 0 radical (unpaired) electrons. The molecule has 0 bridgehead atoms. The van der Waals surface area contributed by atoms with Crippen molar-refractivity contribution in [3.8, 4) is 0 Å². The zero-order valence-corrected chi connectivity index (χ0v) is 11.4. The number of esters is 1. The van der Waals surface area contributed by atoms with Crippen molar-refractivity contribution in [1.82, 2.24) is 10.6 Å². The van der Waals surface area contributed by atoms with Crippen LogP contribution in [0.5, 0.6) is 0 Å². The van der Waals surface area contributed by atoms with Crippen molar-refractivity contribution in [1.29, 1.82) is 0 Å². The van der Waals surface area contributed by atoms with Gasteiger partial charge in [0.05, 0.1) is 5.56 Å². The Kier molecular flexibility index (Phi) is 4.50. The lowest BCUT2D eigenvalue weighted by atomic mass is 10.1. The molecule has 2 aromatic rings. The SMILES string of the molecule is CNC(=O)NC(=O)COC(=O)c1ccc2ccccc2c1. The van der Waals surface area contributed by atoms with Gasteiger partial charge in [0.2, 0.25) is 0 Å². The van der Waals surface area contributed by atoms with Gasteiger partial charge in [0, 0.05) is 7.05 Å². The van der Waals surface area contributed by atoms with Crippen molar-refractivity contribution < 1.29 is 19.1 Å². The van der Waals surface area contributed by atoms with E-state index in [2.05, 4.69) is 5.32 Å². The molecule has 3 amide bonds. The molecule has 21 heavy (non-hydrogen) atoms. The quantitative estimate of drug-likeness (QED) is 0.836. The van der Waals surface area contributed by atoms with E-state index in [1.54, 1.807) is 18.2 Å². The summed E-state index contributed by atoms with van der Waals surface area (Å²) in [6, 6.07) is 12.1. The van der Waals surface area contributed by atoms with Gasteiger partial charge in [0.25, 0.3) is 5.91 Å². The van der Waals surface area contributed by atoms with Crippen molar-refractivity contribution in [3.63, 3.8) is 0 Å².